The normalized spacial score (nSPS) is 11.1. The summed E-state index contributed by atoms with van der Waals surface area (Å²) in [6.45, 7) is 6.73. The van der Waals surface area contributed by atoms with Gasteiger partial charge in [0.05, 0.1) is 0 Å². The molecule has 0 fully saturated rings. The van der Waals surface area contributed by atoms with Gasteiger partial charge in [-0.05, 0) is 43.4 Å². The molecule has 0 aliphatic heterocycles. The Bertz CT molecular complexity index is 237. The number of unbranched alkanes of at least 4 members (excludes halogenated alkanes) is 1. The molecule has 0 aromatic carbocycles. The minimum atomic E-state index is 0.751. The van der Waals surface area contributed by atoms with E-state index in [-0.39, 0.29) is 0 Å². The second kappa shape index (κ2) is 8.07. The molecule has 0 amide bonds. The lowest BCUT2D eigenvalue weighted by Gasteiger charge is -2.06. The minimum absolute atomic E-state index is 0.751. The Morgan fingerprint density at radius 3 is 3.00 bits per heavy atom. The van der Waals surface area contributed by atoms with Crippen LogP contribution in [0.5, 0.6) is 0 Å². The van der Waals surface area contributed by atoms with Gasteiger partial charge in [0.1, 0.15) is 6.33 Å². The molecular weight excluding hydrogens is 226 g/mol. The van der Waals surface area contributed by atoms with Crippen LogP contribution in [0.1, 0.15) is 26.7 Å². The number of nitrogens with one attached hydrogen (secondary N) is 1. The molecule has 0 aliphatic rings. The summed E-state index contributed by atoms with van der Waals surface area (Å²) >= 11 is 3.29. The van der Waals surface area contributed by atoms with Crippen LogP contribution in [0.4, 0.5) is 0 Å². The summed E-state index contributed by atoms with van der Waals surface area (Å²) in [6.07, 6.45) is 4.12. The van der Waals surface area contributed by atoms with E-state index < -0.39 is 0 Å². The van der Waals surface area contributed by atoms with Gasteiger partial charge in [-0.2, -0.15) is 4.37 Å². The maximum atomic E-state index is 4.13. The summed E-state index contributed by atoms with van der Waals surface area (Å²) in [5, 5.41) is 3.44. The largest absolute Gasteiger partial charge is 0.316 e. The first-order valence-corrected chi connectivity index (χ1v) is 7.15. The Balaban J connectivity index is 1.85. The van der Waals surface area contributed by atoms with Gasteiger partial charge in [-0.3, -0.25) is 0 Å². The molecule has 0 aliphatic carbocycles. The molecule has 1 aromatic heterocycles. The third-order valence-electron chi connectivity index (χ3n) is 1.87. The summed E-state index contributed by atoms with van der Waals surface area (Å²) in [4.78, 5) is 4.13. The smallest absolute Gasteiger partial charge is 0.169 e. The second-order valence-corrected chi connectivity index (χ2v) is 5.98. The molecule has 0 spiro atoms. The van der Waals surface area contributed by atoms with Gasteiger partial charge in [0.25, 0.3) is 0 Å². The lowest BCUT2D eigenvalue weighted by Crippen LogP contribution is -2.20. The predicted octanol–water partition coefficient (Wildman–Crippen LogP) is 2.66. The maximum Gasteiger partial charge on any atom is 0.169 e. The first-order valence-electron chi connectivity index (χ1n) is 5.39. The number of aromatic nitrogens is 2. The van der Waals surface area contributed by atoms with Crippen LogP contribution in [-0.2, 0) is 0 Å². The van der Waals surface area contributed by atoms with Gasteiger partial charge in [0.15, 0.2) is 4.34 Å². The number of rotatable bonds is 8. The van der Waals surface area contributed by atoms with Crippen molar-refractivity contribution in [3.05, 3.63) is 6.33 Å². The van der Waals surface area contributed by atoms with Gasteiger partial charge in [-0.15, -0.1) is 0 Å². The van der Waals surface area contributed by atoms with Crippen LogP contribution in [0.2, 0.25) is 0 Å². The zero-order chi connectivity index (χ0) is 10.9. The monoisotopic (exact) mass is 245 g/mol. The fourth-order valence-corrected chi connectivity index (χ4v) is 2.64. The molecule has 0 unspecified atom stereocenters. The maximum absolute atomic E-state index is 4.13. The molecule has 1 N–H and O–H groups in total. The second-order valence-electron chi connectivity index (χ2n) is 3.86. The van der Waals surface area contributed by atoms with E-state index in [1.54, 1.807) is 6.33 Å². The highest BCUT2D eigenvalue weighted by atomic mass is 32.2. The van der Waals surface area contributed by atoms with Crippen molar-refractivity contribution in [1.82, 2.24) is 14.7 Å². The van der Waals surface area contributed by atoms with E-state index in [9.17, 15) is 0 Å². The Hall–Kier alpha value is -0.130. The van der Waals surface area contributed by atoms with Crippen LogP contribution in [0.3, 0.4) is 0 Å². The van der Waals surface area contributed by atoms with Crippen molar-refractivity contribution in [2.75, 3.05) is 18.8 Å². The summed E-state index contributed by atoms with van der Waals surface area (Å²) in [5.74, 6) is 1.90. The van der Waals surface area contributed by atoms with Gasteiger partial charge in [0.2, 0.25) is 0 Å². The molecule has 0 saturated heterocycles. The van der Waals surface area contributed by atoms with E-state index in [1.807, 2.05) is 11.8 Å². The van der Waals surface area contributed by atoms with E-state index in [0.717, 1.165) is 29.1 Å². The lowest BCUT2D eigenvalue weighted by molar-refractivity contribution is 0.541. The molecule has 0 radical (unpaired) electrons. The predicted molar refractivity (Wildman–Crippen MR) is 67.6 cm³/mol. The molecule has 3 nitrogen and oxygen atoms in total. The number of hydrogen-bond acceptors (Lipinski definition) is 5. The molecule has 86 valence electrons. The Labute approximate surface area is 100 Å². The van der Waals surface area contributed by atoms with Crippen LogP contribution >= 0.6 is 23.3 Å². The summed E-state index contributed by atoms with van der Waals surface area (Å²) in [6, 6.07) is 0. The highest BCUT2D eigenvalue weighted by Gasteiger charge is 1.97. The van der Waals surface area contributed by atoms with Crippen molar-refractivity contribution in [3.8, 4) is 0 Å². The van der Waals surface area contributed by atoms with Gasteiger partial charge in [0, 0.05) is 5.75 Å². The van der Waals surface area contributed by atoms with Crippen LogP contribution in [-0.4, -0.2) is 28.2 Å². The summed E-state index contributed by atoms with van der Waals surface area (Å²) in [5.41, 5.74) is 0. The third-order valence-corrected chi connectivity index (χ3v) is 3.75. The van der Waals surface area contributed by atoms with Crippen LogP contribution < -0.4 is 5.32 Å². The van der Waals surface area contributed by atoms with Gasteiger partial charge in [-0.25, -0.2) is 4.98 Å². The summed E-state index contributed by atoms with van der Waals surface area (Å²) < 4.78 is 5.06. The van der Waals surface area contributed by atoms with Gasteiger partial charge in [-0.1, -0.05) is 25.6 Å². The Morgan fingerprint density at radius 2 is 2.33 bits per heavy atom. The van der Waals surface area contributed by atoms with Gasteiger partial charge >= 0.3 is 0 Å². The van der Waals surface area contributed by atoms with E-state index >= 15 is 0 Å². The van der Waals surface area contributed by atoms with E-state index in [1.165, 1.54) is 24.4 Å². The Kier molecular flexibility index (Phi) is 6.96. The standard InChI is InChI=1S/C10H19N3S2/c1-9(2)7-11-5-3-4-6-14-10-12-8-13-15-10/h8-9,11H,3-7H2,1-2H3. The SMILES string of the molecule is CC(C)CNCCCCSc1ncns1. The average molecular weight is 245 g/mol. The average Bonchev–Trinajstić information content (AvgIpc) is 2.68. The molecule has 5 heteroatoms. The minimum Gasteiger partial charge on any atom is -0.316 e. The first kappa shape index (κ1) is 12.9. The van der Waals surface area contributed by atoms with Crippen molar-refractivity contribution < 1.29 is 0 Å². The van der Waals surface area contributed by atoms with Crippen molar-refractivity contribution in [2.45, 2.75) is 31.0 Å². The van der Waals surface area contributed by atoms with Crippen molar-refractivity contribution >= 4 is 23.3 Å². The Morgan fingerprint density at radius 1 is 1.47 bits per heavy atom. The number of hydrogen-bond donors (Lipinski definition) is 1. The molecule has 1 heterocycles. The lowest BCUT2D eigenvalue weighted by atomic mass is 10.2. The highest BCUT2D eigenvalue weighted by Crippen LogP contribution is 2.19. The van der Waals surface area contributed by atoms with E-state index in [2.05, 4.69) is 28.5 Å². The topological polar surface area (TPSA) is 37.8 Å². The highest BCUT2D eigenvalue weighted by molar-refractivity contribution is 8.00. The molecule has 0 saturated carbocycles. The third kappa shape index (κ3) is 6.87. The first-order chi connectivity index (χ1) is 7.29. The van der Waals surface area contributed by atoms with Crippen LogP contribution in [0, 0.1) is 5.92 Å². The van der Waals surface area contributed by atoms with Crippen LogP contribution in [0.15, 0.2) is 10.7 Å². The van der Waals surface area contributed by atoms with Gasteiger partial charge < -0.3 is 5.32 Å². The van der Waals surface area contributed by atoms with E-state index in [4.69, 9.17) is 0 Å². The molecule has 0 atom stereocenters. The quantitative estimate of drug-likeness (QED) is 0.564. The zero-order valence-electron chi connectivity index (χ0n) is 9.40. The zero-order valence-corrected chi connectivity index (χ0v) is 11.0. The molecule has 1 aromatic rings. The van der Waals surface area contributed by atoms with E-state index in [0.29, 0.717) is 0 Å². The molecular formula is C10H19N3S2. The van der Waals surface area contributed by atoms with Crippen molar-refractivity contribution in [3.63, 3.8) is 0 Å². The van der Waals surface area contributed by atoms with Crippen molar-refractivity contribution in [1.29, 1.82) is 0 Å². The fourth-order valence-electron chi connectivity index (χ4n) is 1.13. The van der Waals surface area contributed by atoms with Crippen molar-refractivity contribution in [2.24, 2.45) is 5.92 Å². The molecule has 1 rings (SSSR count). The summed E-state index contributed by atoms with van der Waals surface area (Å²) in [7, 11) is 0. The number of nitrogens with zero attached hydrogens (tertiary/aromatic N) is 2. The number of thioether (sulfide) groups is 1. The fraction of sp³-hybridized carbons (Fsp3) is 0.800. The molecule has 15 heavy (non-hydrogen) atoms. The van der Waals surface area contributed by atoms with Crippen LogP contribution in [0.25, 0.3) is 0 Å². The molecule has 0 bridgehead atoms.